The summed E-state index contributed by atoms with van der Waals surface area (Å²) in [6.45, 7) is 3.04. The van der Waals surface area contributed by atoms with E-state index in [1.807, 2.05) is 36.6 Å². The highest BCUT2D eigenvalue weighted by Crippen LogP contribution is 2.16. The molecule has 124 valence electrons. The van der Waals surface area contributed by atoms with Gasteiger partial charge in [0, 0.05) is 36.1 Å². The minimum Gasteiger partial charge on any atom is -0.337 e. The van der Waals surface area contributed by atoms with E-state index in [9.17, 15) is 4.79 Å². The summed E-state index contributed by atoms with van der Waals surface area (Å²) in [6, 6.07) is 7.61. The number of nitrogens with zero attached hydrogens (tertiary/aromatic N) is 3. The number of aromatic nitrogens is 4. The highest BCUT2D eigenvalue weighted by atomic mass is 32.1. The van der Waals surface area contributed by atoms with Crippen molar-refractivity contribution in [3.05, 3.63) is 52.7 Å². The predicted molar refractivity (Wildman–Crippen MR) is 92.6 cm³/mol. The number of nitrogens with one attached hydrogen (secondary N) is 3. The van der Waals surface area contributed by atoms with Gasteiger partial charge in [0.1, 0.15) is 6.33 Å². The number of rotatable bonds is 6. The number of amides is 2. The molecule has 0 bridgehead atoms. The van der Waals surface area contributed by atoms with E-state index in [4.69, 9.17) is 0 Å². The Bertz CT molecular complexity index is 772. The van der Waals surface area contributed by atoms with Crippen LogP contribution >= 0.6 is 11.3 Å². The predicted octanol–water partition coefficient (Wildman–Crippen LogP) is 2.53. The standard InChI is InChI=1S/C16H18N6OS/c1-11(15-17-5-6-24-15)8-18-16(23)19-9-12-3-2-4-13(7-12)14-20-10-21-22-14/h2-7,10-11H,8-9H2,1H3,(H2,18,19,23)(H,20,21,22)/t11-/m1/s1. The average Bonchev–Trinajstić information content (AvgIpc) is 3.31. The fourth-order valence-electron chi connectivity index (χ4n) is 2.23. The van der Waals surface area contributed by atoms with Crippen LogP contribution in [0, 0.1) is 0 Å². The largest absolute Gasteiger partial charge is 0.337 e. The molecular weight excluding hydrogens is 324 g/mol. The first-order valence-corrected chi connectivity index (χ1v) is 8.46. The van der Waals surface area contributed by atoms with Gasteiger partial charge in [-0.15, -0.1) is 11.3 Å². The number of thiazole rings is 1. The number of urea groups is 1. The molecule has 3 N–H and O–H groups in total. The molecule has 0 unspecified atom stereocenters. The van der Waals surface area contributed by atoms with Crippen molar-refractivity contribution in [1.29, 1.82) is 0 Å². The second-order valence-corrected chi connectivity index (χ2v) is 6.30. The van der Waals surface area contributed by atoms with Crippen molar-refractivity contribution in [3.63, 3.8) is 0 Å². The van der Waals surface area contributed by atoms with Gasteiger partial charge in [0.05, 0.1) is 5.01 Å². The van der Waals surface area contributed by atoms with E-state index in [-0.39, 0.29) is 11.9 Å². The molecule has 1 aromatic carbocycles. The summed E-state index contributed by atoms with van der Waals surface area (Å²) in [5, 5.41) is 15.4. The fraction of sp³-hybridized carbons (Fsp3) is 0.250. The minimum atomic E-state index is -0.191. The lowest BCUT2D eigenvalue weighted by Crippen LogP contribution is -2.37. The van der Waals surface area contributed by atoms with Gasteiger partial charge in [0.25, 0.3) is 0 Å². The lowest BCUT2D eigenvalue weighted by atomic mass is 10.1. The number of hydrogen-bond acceptors (Lipinski definition) is 5. The molecule has 0 aliphatic carbocycles. The smallest absolute Gasteiger partial charge is 0.315 e. The molecular formula is C16H18N6OS. The van der Waals surface area contributed by atoms with Crippen LogP contribution < -0.4 is 10.6 Å². The Labute approximate surface area is 143 Å². The topological polar surface area (TPSA) is 95.6 Å². The van der Waals surface area contributed by atoms with Crippen molar-refractivity contribution in [2.45, 2.75) is 19.4 Å². The molecule has 2 heterocycles. The number of carbonyl (C=O) groups is 1. The summed E-state index contributed by atoms with van der Waals surface area (Å²) in [6.07, 6.45) is 3.25. The Morgan fingerprint density at radius 2 is 2.25 bits per heavy atom. The van der Waals surface area contributed by atoms with Gasteiger partial charge in [0.2, 0.25) is 0 Å². The molecule has 0 saturated carbocycles. The van der Waals surface area contributed by atoms with Crippen LogP contribution in [0.4, 0.5) is 4.79 Å². The summed E-state index contributed by atoms with van der Waals surface area (Å²) in [4.78, 5) is 20.3. The molecule has 0 spiro atoms. The molecule has 8 heteroatoms. The van der Waals surface area contributed by atoms with E-state index in [2.05, 4.69) is 30.8 Å². The van der Waals surface area contributed by atoms with E-state index < -0.39 is 0 Å². The number of aromatic amines is 1. The summed E-state index contributed by atoms with van der Waals surface area (Å²) < 4.78 is 0. The number of H-pyrrole nitrogens is 1. The van der Waals surface area contributed by atoms with Crippen molar-refractivity contribution in [3.8, 4) is 11.4 Å². The van der Waals surface area contributed by atoms with Gasteiger partial charge in [-0.25, -0.2) is 14.8 Å². The highest BCUT2D eigenvalue weighted by Gasteiger charge is 2.10. The molecule has 3 rings (SSSR count). The maximum atomic E-state index is 11.9. The first-order chi connectivity index (χ1) is 11.7. The third kappa shape index (κ3) is 4.17. The van der Waals surface area contributed by atoms with Gasteiger partial charge in [-0.1, -0.05) is 25.1 Å². The van der Waals surface area contributed by atoms with E-state index in [0.717, 1.165) is 16.1 Å². The highest BCUT2D eigenvalue weighted by molar-refractivity contribution is 7.09. The van der Waals surface area contributed by atoms with Gasteiger partial charge in [-0.3, -0.25) is 5.10 Å². The average molecular weight is 342 g/mol. The molecule has 0 fully saturated rings. The first-order valence-electron chi connectivity index (χ1n) is 7.58. The summed E-state index contributed by atoms with van der Waals surface area (Å²) in [7, 11) is 0. The Morgan fingerprint density at radius 3 is 3.00 bits per heavy atom. The number of carbonyl (C=O) groups excluding carboxylic acids is 1. The Hall–Kier alpha value is -2.74. The van der Waals surface area contributed by atoms with Crippen molar-refractivity contribution >= 4 is 17.4 Å². The van der Waals surface area contributed by atoms with Gasteiger partial charge in [-0.05, 0) is 11.6 Å². The Balaban J connectivity index is 1.49. The Kier molecular flexibility index (Phi) is 5.17. The third-order valence-corrected chi connectivity index (χ3v) is 4.52. The van der Waals surface area contributed by atoms with Gasteiger partial charge in [0.15, 0.2) is 5.82 Å². The fourth-order valence-corrected chi connectivity index (χ4v) is 2.93. The van der Waals surface area contributed by atoms with Crippen molar-refractivity contribution in [1.82, 2.24) is 30.8 Å². The maximum absolute atomic E-state index is 11.9. The lowest BCUT2D eigenvalue weighted by Gasteiger charge is -2.11. The van der Waals surface area contributed by atoms with Crippen molar-refractivity contribution in [2.24, 2.45) is 0 Å². The van der Waals surface area contributed by atoms with Gasteiger partial charge in [-0.2, -0.15) is 5.10 Å². The molecule has 24 heavy (non-hydrogen) atoms. The van der Waals surface area contributed by atoms with Crippen molar-refractivity contribution in [2.75, 3.05) is 6.54 Å². The SMILES string of the molecule is C[C@H](CNC(=O)NCc1cccc(-c2ncn[nH]2)c1)c1nccs1. The zero-order valence-corrected chi connectivity index (χ0v) is 14.0. The van der Waals surface area contributed by atoms with Crippen LogP contribution in [0.3, 0.4) is 0 Å². The van der Waals surface area contributed by atoms with Crippen LogP contribution in [0.1, 0.15) is 23.4 Å². The lowest BCUT2D eigenvalue weighted by molar-refractivity contribution is 0.240. The molecule has 0 aliphatic rings. The molecule has 0 saturated heterocycles. The van der Waals surface area contributed by atoms with Gasteiger partial charge >= 0.3 is 6.03 Å². The molecule has 0 radical (unpaired) electrons. The van der Waals surface area contributed by atoms with Crippen LogP contribution in [0.2, 0.25) is 0 Å². The van der Waals surface area contributed by atoms with Crippen LogP contribution in [0.15, 0.2) is 42.2 Å². The van der Waals surface area contributed by atoms with Crippen LogP contribution in [0.25, 0.3) is 11.4 Å². The second-order valence-electron chi connectivity index (χ2n) is 5.37. The number of benzene rings is 1. The monoisotopic (exact) mass is 342 g/mol. The van der Waals surface area contributed by atoms with E-state index in [0.29, 0.717) is 18.9 Å². The van der Waals surface area contributed by atoms with Crippen LogP contribution in [-0.2, 0) is 6.54 Å². The van der Waals surface area contributed by atoms with Crippen LogP contribution in [-0.4, -0.2) is 32.7 Å². The molecule has 0 aliphatic heterocycles. The quantitative estimate of drug-likeness (QED) is 0.641. The van der Waals surface area contributed by atoms with Crippen LogP contribution in [0.5, 0.6) is 0 Å². The molecule has 2 aromatic heterocycles. The summed E-state index contributed by atoms with van der Waals surface area (Å²) in [5.74, 6) is 0.907. The summed E-state index contributed by atoms with van der Waals surface area (Å²) in [5.41, 5.74) is 1.93. The maximum Gasteiger partial charge on any atom is 0.315 e. The zero-order valence-electron chi connectivity index (χ0n) is 13.2. The zero-order chi connectivity index (χ0) is 16.8. The van der Waals surface area contributed by atoms with Gasteiger partial charge < -0.3 is 10.6 Å². The molecule has 2 amide bonds. The molecule has 7 nitrogen and oxygen atoms in total. The second kappa shape index (κ2) is 7.69. The van der Waals surface area contributed by atoms with Crippen molar-refractivity contribution < 1.29 is 4.79 Å². The first kappa shape index (κ1) is 16.1. The number of hydrogen-bond donors (Lipinski definition) is 3. The van der Waals surface area contributed by atoms with E-state index in [1.54, 1.807) is 17.5 Å². The van der Waals surface area contributed by atoms with E-state index in [1.165, 1.54) is 6.33 Å². The normalized spacial score (nSPS) is 11.9. The van der Waals surface area contributed by atoms with E-state index >= 15 is 0 Å². The molecule has 1 atom stereocenters. The third-order valence-electron chi connectivity index (χ3n) is 3.51. The minimum absolute atomic E-state index is 0.191. The Morgan fingerprint density at radius 1 is 1.33 bits per heavy atom. The molecule has 3 aromatic rings. The summed E-state index contributed by atoms with van der Waals surface area (Å²) >= 11 is 1.60.